The predicted molar refractivity (Wildman–Crippen MR) is 108 cm³/mol. The molecule has 6 heteroatoms. The molecule has 1 aliphatic rings. The quantitative estimate of drug-likeness (QED) is 0.467. The van der Waals surface area contributed by atoms with Gasteiger partial charge in [-0.2, -0.15) is 0 Å². The zero-order valence-electron chi connectivity index (χ0n) is 14.0. The number of aromatic nitrogens is 1. The molecule has 5 rings (SSSR count). The molecule has 0 fully saturated rings. The van der Waals surface area contributed by atoms with Gasteiger partial charge in [0.25, 0.3) is 0 Å². The topological polar surface area (TPSA) is 51.2 Å². The van der Waals surface area contributed by atoms with E-state index in [1.807, 2.05) is 60.7 Å². The van der Waals surface area contributed by atoms with Gasteiger partial charge in [-0.05, 0) is 24.3 Å². The Bertz CT molecular complexity index is 1140. The maximum absolute atomic E-state index is 13.2. The molecule has 0 bridgehead atoms. The molecule has 0 unspecified atom stereocenters. The number of hydrogen-bond acceptors (Lipinski definition) is 4. The average molecular weight is 393 g/mol. The van der Waals surface area contributed by atoms with Crippen LogP contribution >= 0.6 is 22.9 Å². The summed E-state index contributed by atoms with van der Waals surface area (Å²) in [5.41, 5.74) is 2.38. The molecule has 1 aromatic heterocycles. The fourth-order valence-corrected chi connectivity index (χ4v) is 4.51. The molecule has 132 valence electrons. The van der Waals surface area contributed by atoms with Gasteiger partial charge in [0.2, 0.25) is 5.91 Å². The smallest absolute Gasteiger partial charge is 0.238 e. The number of halogens is 1. The number of carbonyl (C=O) groups is 1. The summed E-state index contributed by atoms with van der Waals surface area (Å²) in [6.45, 7) is 0. The van der Waals surface area contributed by atoms with Gasteiger partial charge in [-0.25, -0.2) is 4.98 Å². The van der Waals surface area contributed by atoms with Gasteiger partial charge in [0.05, 0.1) is 15.6 Å². The zero-order valence-corrected chi connectivity index (χ0v) is 15.6. The number of para-hydroxylation sites is 3. The summed E-state index contributed by atoms with van der Waals surface area (Å²) < 4.78 is 6.90. The van der Waals surface area contributed by atoms with Crippen LogP contribution in [0.1, 0.15) is 17.0 Å². The van der Waals surface area contributed by atoms with Crippen molar-refractivity contribution < 1.29 is 9.53 Å². The summed E-state index contributed by atoms with van der Waals surface area (Å²) in [4.78, 5) is 17.7. The Kier molecular flexibility index (Phi) is 3.85. The van der Waals surface area contributed by atoms with E-state index in [2.05, 4.69) is 10.3 Å². The Morgan fingerprint density at radius 2 is 1.63 bits per heavy atom. The summed E-state index contributed by atoms with van der Waals surface area (Å²) in [5.74, 6) is 0.786. The standard InChI is InChI=1S/C21H13ClN2O2S/c22-14-8-5-11-17-19(14)23-21(27-17)24-20(25)18-12-6-1-3-9-15(12)26-16-10-4-2-7-13(16)18/h1-11,18H,(H,23,24,25). The Balaban J connectivity index is 1.55. The Hall–Kier alpha value is -2.89. The van der Waals surface area contributed by atoms with Crippen LogP contribution in [0, 0.1) is 0 Å². The van der Waals surface area contributed by atoms with Crippen molar-refractivity contribution in [2.24, 2.45) is 0 Å². The van der Waals surface area contributed by atoms with Crippen molar-refractivity contribution >= 4 is 44.2 Å². The second-order valence-electron chi connectivity index (χ2n) is 6.21. The number of benzene rings is 3. The molecule has 3 aromatic carbocycles. The highest BCUT2D eigenvalue weighted by Gasteiger charge is 2.32. The summed E-state index contributed by atoms with van der Waals surface area (Å²) in [6.07, 6.45) is 0. The van der Waals surface area contributed by atoms with Gasteiger partial charge < -0.3 is 10.1 Å². The van der Waals surface area contributed by atoms with E-state index in [9.17, 15) is 4.79 Å². The van der Waals surface area contributed by atoms with Crippen LogP contribution in [-0.2, 0) is 4.79 Å². The first-order valence-electron chi connectivity index (χ1n) is 8.42. The second-order valence-corrected chi connectivity index (χ2v) is 7.64. The van der Waals surface area contributed by atoms with Crippen LogP contribution < -0.4 is 10.1 Å². The average Bonchev–Trinajstić information content (AvgIpc) is 3.09. The van der Waals surface area contributed by atoms with Gasteiger partial charge in [-0.15, -0.1) is 0 Å². The number of rotatable bonds is 2. The van der Waals surface area contributed by atoms with E-state index in [4.69, 9.17) is 16.3 Å². The van der Waals surface area contributed by atoms with Crippen molar-refractivity contribution in [3.8, 4) is 11.5 Å². The molecule has 1 N–H and O–H groups in total. The lowest BCUT2D eigenvalue weighted by Gasteiger charge is -2.27. The fourth-order valence-electron chi connectivity index (χ4n) is 3.34. The van der Waals surface area contributed by atoms with Crippen molar-refractivity contribution in [1.29, 1.82) is 0 Å². The molecule has 0 saturated heterocycles. The Morgan fingerprint density at radius 3 is 2.30 bits per heavy atom. The first kappa shape index (κ1) is 16.3. The molecule has 4 aromatic rings. The minimum Gasteiger partial charge on any atom is -0.457 e. The molecule has 0 saturated carbocycles. The number of thiazole rings is 1. The van der Waals surface area contributed by atoms with Crippen molar-refractivity contribution in [1.82, 2.24) is 4.98 Å². The van der Waals surface area contributed by atoms with Crippen molar-refractivity contribution in [3.05, 3.63) is 82.9 Å². The van der Waals surface area contributed by atoms with Gasteiger partial charge in [0.15, 0.2) is 5.13 Å². The predicted octanol–water partition coefficient (Wildman–Crippen LogP) is 5.83. The lowest BCUT2D eigenvalue weighted by molar-refractivity contribution is -0.116. The fraction of sp³-hybridized carbons (Fsp3) is 0.0476. The molecular weight excluding hydrogens is 380 g/mol. The first-order valence-corrected chi connectivity index (χ1v) is 9.62. The number of nitrogens with one attached hydrogen (secondary N) is 1. The van der Waals surface area contributed by atoms with Gasteiger partial charge in [-0.3, -0.25) is 4.79 Å². The van der Waals surface area contributed by atoms with E-state index in [1.54, 1.807) is 6.07 Å². The number of ether oxygens (including phenoxy) is 1. The SMILES string of the molecule is O=C(Nc1nc2c(Cl)cccc2s1)C1c2ccccc2Oc2ccccc21. The number of anilines is 1. The van der Waals surface area contributed by atoms with Crippen LogP contribution in [0.2, 0.25) is 5.02 Å². The third-order valence-electron chi connectivity index (χ3n) is 4.54. The number of amides is 1. The molecule has 2 heterocycles. The third kappa shape index (κ3) is 2.76. The highest BCUT2D eigenvalue weighted by atomic mass is 35.5. The number of fused-ring (bicyclic) bond motifs is 3. The van der Waals surface area contributed by atoms with E-state index in [0.29, 0.717) is 27.2 Å². The van der Waals surface area contributed by atoms with Crippen LogP contribution in [0.5, 0.6) is 11.5 Å². The molecule has 0 atom stereocenters. The van der Waals surface area contributed by atoms with Crippen LogP contribution in [0.15, 0.2) is 66.7 Å². The summed E-state index contributed by atoms with van der Waals surface area (Å²) in [7, 11) is 0. The second kappa shape index (κ2) is 6.37. The van der Waals surface area contributed by atoms with E-state index in [1.165, 1.54) is 11.3 Å². The van der Waals surface area contributed by atoms with Gasteiger partial charge in [0, 0.05) is 11.1 Å². The lowest BCUT2D eigenvalue weighted by atomic mass is 9.87. The largest absolute Gasteiger partial charge is 0.457 e. The molecule has 1 amide bonds. The molecule has 27 heavy (non-hydrogen) atoms. The number of nitrogens with zero attached hydrogens (tertiary/aromatic N) is 1. The molecular formula is C21H13ClN2O2S. The van der Waals surface area contributed by atoms with Gasteiger partial charge >= 0.3 is 0 Å². The highest BCUT2D eigenvalue weighted by Crippen LogP contribution is 2.44. The summed E-state index contributed by atoms with van der Waals surface area (Å²) in [5, 5.41) is 4.07. The lowest BCUT2D eigenvalue weighted by Crippen LogP contribution is -2.24. The van der Waals surface area contributed by atoms with E-state index < -0.39 is 5.92 Å². The Labute approximate surface area is 164 Å². The van der Waals surface area contributed by atoms with Crippen molar-refractivity contribution in [3.63, 3.8) is 0 Å². The van der Waals surface area contributed by atoms with Gasteiger partial charge in [0.1, 0.15) is 17.0 Å². The highest BCUT2D eigenvalue weighted by molar-refractivity contribution is 7.22. The molecule has 0 spiro atoms. The number of carbonyl (C=O) groups excluding carboxylic acids is 1. The molecule has 0 aliphatic carbocycles. The summed E-state index contributed by atoms with van der Waals surface area (Å²) in [6, 6.07) is 20.8. The number of hydrogen-bond donors (Lipinski definition) is 1. The van der Waals surface area contributed by atoms with E-state index in [0.717, 1.165) is 15.8 Å². The minimum absolute atomic E-state index is 0.145. The van der Waals surface area contributed by atoms with Gasteiger partial charge in [-0.1, -0.05) is 65.4 Å². The zero-order chi connectivity index (χ0) is 18.4. The van der Waals surface area contributed by atoms with Crippen LogP contribution in [0.25, 0.3) is 10.2 Å². The van der Waals surface area contributed by atoms with Crippen molar-refractivity contribution in [2.75, 3.05) is 5.32 Å². The third-order valence-corrected chi connectivity index (χ3v) is 5.78. The summed E-state index contributed by atoms with van der Waals surface area (Å²) >= 11 is 7.61. The van der Waals surface area contributed by atoms with E-state index in [-0.39, 0.29) is 5.91 Å². The van der Waals surface area contributed by atoms with Crippen molar-refractivity contribution in [2.45, 2.75) is 5.92 Å². The maximum Gasteiger partial charge on any atom is 0.238 e. The van der Waals surface area contributed by atoms with Crippen LogP contribution in [0.4, 0.5) is 5.13 Å². The van der Waals surface area contributed by atoms with Crippen LogP contribution in [0.3, 0.4) is 0 Å². The van der Waals surface area contributed by atoms with E-state index >= 15 is 0 Å². The molecule has 4 nitrogen and oxygen atoms in total. The normalized spacial score (nSPS) is 12.9. The first-order chi connectivity index (χ1) is 13.2. The maximum atomic E-state index is 13.2. The monoisotopic (exact) mass is 392 g/mol. The van der Waals surface area contributed by atoms with Crippen LogP contribution in [-0.4, -0.2) is 10.9 Å². The molecule has 1 aliphatic heterocycles. The Morgan fingerprint density at radius 1 is 0.963 bits per heavy atom. The molecule has 0 radical (unpaired) electrons. The minimum atomic E-state index is -0.464.